The van der Waals surface area contributed by atoms with Crippen molar-refractivity contribution in [2.75, 3.05) is 26.2 Å². The van der Waals surface area contributed by atoms with Crippen LogP contribution in [0.1, 0.15) is 50.5 Å². The average Bonchev–Trinajstić information content (AvgIpc) is 2.99. The summed E-state index contributed by atoms with van der Waals surface area (Å²) < 4.78 is 27.2. The van der Waals surface area contributed by atoms with Gasteiger partial charge in [0.15, 0.2) is 0 Å². The van der Waals surface area contributed by atoms with Gasteiger partial charge in [0, 0.05) is 38.6 Å². The highest BCUT2D eigenvalue weighted by atomic mass is 32.2. The van der Waals surface area contributed by atoms with E-state index in [2.05, 4.69) is 0 Å². The minimum atomic E-state index is -3.41. The molecule has 1 aromatic carbocycles. The van der Waals surface area contributed by atoms with Gasteiger partial charge in [-0.05, 0) is 49.8 Å². The first kappa shape index (κ1) is 20.3. The van der Waals surface area contributed by atoms with Crippen molar-refractivity contribution in [1.82, 2.24) is 9.21 Å². The summed E-state index contributed by atoms with van der Waals surface area (Å²) in [4.78, 5) is 14.7. The van der Waals surface area contributed by atoms with Crippen LogP contribution in [0, 0.1) is 0 Å². The SMILES string of the molecule is NCC1CCCN1C(=O)CCc1ccc(S(=O)(=O)N2CCCCCC2)cc1. The molecule has 7 heteroatoms. The number of nitrogens with zero attached hydrogens (tertiary/aromatic N) is 2. The first-order valence-electron chi connectivity index (χ1n) is 10.1. The van der Waals surface area contributed by atoms with Crippen molar-refractivity contribution in [3.05, 3.63) is 29.8 Å². The maximum absolute atomic E-state index is 12.8. The van der Waals surface area contributed by atoms with Gasteiger partial charge in [0.2, 0.25) is 15.9 Å². The average molecular weight is 394 g/mol. The molecule has 0 radical (unpaired) electrons. The monoisotopic (exact) mass is 393 g/mol. The number of carbonyl (C=O) groups excluding carboxylic acids is 1. The Morgan fingerprint density at radius 3 is 2.30 bits per heavy atom. The Balaban J connectivity index is 1.59. The zero-order chi connectivity index (χ0) is 19.3. The quantitative estimate of drug-likeness (QED) is 0.802. The number of aryl methyl sites for hydroxylation is 1. The van der Waals surface area contributed by atoms with Gasteiger partial charge in [0.05, 0.1) is 4.90 Å². The molecule has 2 aliphatic rings. The Hall–Kier alpha value is -1.44. The summed E-state index contributed by atoms with van der Waals surface area (Å²) in [6, 6.07) is 7.21. The number of hydrogen-bond donors (Lipinski definition) is 1. The number of amides is 1. The molecule has 0 saturated carbocycles. The van der Waals surface area contributed by atoms with E-state index in [1.54, 1.807) is 16.4 Å². The van der Waals surface area contributed by atoms with Crippen LogP contribution >= 0.6 is 0 Å². The van der Waals surface area contributed by atoms with Gasteiger partial charge in [-0.2, -0.15) is 4.31 Å². The van der Waals surface area contributed by atoms with Gasteiger partial charge in [0.25, 0.3) is 0 Å². The van der Waals surface area contributed by atoms with Gasteiger partial charge in [-0.25, -0.2) is 8.42 Å². The predicted molar refractivity (Wildman–Crippen MR) is 106 cm³/mol. The van der Waals surface area contributed by atoms with E-state index in [4.69, 9.17) is 5.73 Å². The van der Waals surface area contributed by atoms with Crippen molar-refractivity contribution < 1.29 is 13.2 Å². The van der Waals surface area contributed by atoms with Gasteiger partial charge in [-0.3, -0.25) is 4.79 Å². The Morgan fingerprint density at radius 1 is 1.00 bits per heavy atom. The summed E-state index contributed by atoms with van der Waals surface area (Å²) in [5.41, 5.74) is 6.73. The normalized spacial score (nSPS) is 22.0. The fraction of sp³-hybridized carbons (Fsp3) is 0.650. The number of carbonyl (C=O) groups is 1. The summed E-state index contributed by atoms with van der Waals surface area (Å²) in [5, 5.41) is 0. The van der Waals surface area contributed by atoms with E-state index in [1.807, 2.05) is 17.0 Å². The number of hydrogen-bond acceptors (Lipinski definition) is 4. The lowest BCUT2D eigenvalue weighted by atomic mass is 10.1. The third-order valence-corrected chi connectivity index (χ3v) is 7.64. The molecular formula is C20H31N3O3S. The molecule has 1 amide bonds. The number of likely N-dealkylation sites (tertiary alicyclic amines) is 1. The first-order valence-corrected chi connectivity index (χ1v) is 11.5. The number of sulfonamides is 1. The molecule has 3 rings (SSSR count). The van der Waals surface area contributed by atoms with Crippen LogP contribution in [-0.2, 0) is 21.2 Å². The van der Waals surface area contributed by atoms with Crippen LogP contribution < -0.4 is 5.73 Å². The minimum Gasteiger partial charge on any atom is -0.338 e. The molecule has 1 aromatic rings. The fourth-order valence-corrected chi connectivity index (χ4v) is 5.58. The number of rotatable bonds is 6. The Morgan fingerprint density at radius 2 is 1.67 bits per heavy atom. The van der Waals surface area contributed by atoms with Gasteiger partial charge in [-0.15, -0.1) is 0 Å². The van der Waals surface area contributed by atoms with E-state index < -0.39 is 10.0 Å². The smallest absolute Gasteiger partial charge is 0.243 e. The molecule has 2 aliphatic heterocycles. The lowest BCUT2D eigenvalue weighted by Gasteiger charge is -2.23. The van der Waals surface area contributed by atoms with Gasteiger partial charge in [0.1, 0.15) is 0 Å². The fourth-order valence-electron chi connectivity index (χ4n) is 4.06. The summed E-state index contributed by atoms with van der Waals surface area (Å²) in [7, 11) is -3.41. The molecule has 2 saturated heterocycles. The van der Waals surface area contributed by atoms with Crippen molar-refractivity contribution in [2.45, 2.75) is 62.3 Å². The molecular weight excluding hydrogens is 362 g/mol. The largest absolute Gasteiger partial charge is 0.338 e. The zero-order valence-corrected chi connectivity index (χ0v) is 16.8. The Labute approximate surface area is 162 Å². The first-order chi connectivity index (χ1) is 13.0. The molecule has 0 spiro atoms. The molecule has 0 bridgehead atoms. The molecule has 2 N–H and O–H groups in total. The molecule has 2 heterocycles. The zero-order valence-electron chi connectivity index (χ0n) is 16.0. The van der Waals surface area contributed by atoms with Crippen LogP contribution in [0.4, 0.5) is 0 Å². The van der Waals surface area contributed by atoms with Gasteiger partial charge >= 0.3 is 0 Å². The summed E-state index contributed by atoms with van der Waals surface area (Å²) in [6.07, 6.45) is 7.13. The van der Waals surface area contributed by atoms with Crippen LogP contribution in [0.3, 0.4) is 0 Å². The maximum Gasteiger partial charge on any atom is 0.243 e. The standard InChI is InChI=1S/C20H31N3O3S/c21-16-18-6-5-15-23(18)20(24)12-9-17-7-10-19(11-8-17)27(25,26)22-13-3-1-2-4-14-22/h7-8,10-11,18H,1-6,9,12-16,21H2. The van der Waals surface area contributed by atoms with Crippen LogP contribution in [0.5, 0.6) is 0 Å². The third-order valence-electron chi connectivity index (χ3n) is 5.72. The molecule has 1 atom stereocenters. The summed E-state index contributed by atoms with van der Waals surface area (Å²) in [5.74, 6) is 0.143. The topological polar surface area (TPSA) is 83.7 Å². The highest BCUT2D eigenvalue weighted by Crippen LogP contribution is 2.22. The van der Waals surface area contributed by atoms with Gasteiger partial charge < -0.3 is 10.6 Å². The van der Waals surface area contributed by atoms with E-state index in [0.29, 0.717) is 37.4 Å². The van der Waals surface area contributed by atoms with Crippen molar-refractivity contribution in [3.63, 3.8) is 0 Å². The van der Waals surface area contributed by atoms with E-state index in [-0.39, 0.29) is 11.9 Å². The second kappa shape index (κ2) is 9.17. The maximum atomic E-state index is 12.8. The second-order valence-electron chi connectivity index (χ2n) is 7.58. The summed E-state index contributed by atoms with van der Waals surface area (Å²) >= 11 is 0. The van der Waals surface area contributed by atoms with E-state index >= 15 is 0 Å². The molecule has 0 aromatic heterocycles. The van der Waals surface area contributed by atoms with Crippen molar-refractivity contribution in [1.29, 1.82) is 0 Å². The predicted octanol–water partition coefficient (Wildman–Crippen LogP) is 2.13. The molecule has 27 heavy (non-hydrogen) atoms. The number of nitrogens with two attached hydrogens (primary N) is 1. The van der Waals surface area contributed by atoms with Crippen LogP contribution in [0.15, 0.2) is 29.2 Å². The lowest BCUT2D eigenvalue weighted by molar-refractivity contribution is -0.131. The molecule has 0 aliphatic carbocycles. The van der Waals surface area contributed by atoms with Gasteiger partial charge in [-0.1, -0.05) is 25.0 Å². The molecule has 1 unspecified atom stereocenters. The van der Waals surface area contributed by atoms with Crippen LogP contribution in [-0.4, -0.2) is 55.8 Å². The number of benzene rings is 1. The van der Waals surface area contributed by atoms with E-state index in [1.165, 1.54) is 0 Å². The minimum absolute atomic E-state index is 0.143. The Kier molecular flexibility index (Phi) is 6.89. The Bertz CT molecular complexity index is 725. The highest BCUT2D eigenvalue weighted by molar-refractivity contribution is 7.89. The van der Waals surface area contributed by atoms with E-state index in [9.17, 15) is 13.2 Å². The summed E-state index contributed by atoms with van der Waals surface area (Å²) in [6.45, 7) is 2.54. The van der Waals surface area contributed by atoms with E-state index in [0.717, 1.165) is 50.6 Å². The van der Waals surface area contributed by atoms with Crippen molar-refractivity contribution in [3.8, 4) is 0 Å². The molecule has 2 fully saturated rings. The molecule has 150 valence electrons. The third kappa shape index (κ3) is 4.89. The van der Waals surface area contributed by atoms with Crippen LogP contribution in [0.2, 0.25) is 0 Å². The highest BCUT2D eigenvalue weighted by Gasteiger charge is 2.27. The van der Waals surface area contributed by atoms with Crippen molar-refractivity contribution in [2.24, 2.45) is 5.73 Å². The lowest BCUT2D eigenvalue weighted by Crippen LogP contribution is -2.39. The molecule has 6 nitrogen and oxygen atoms in total. The van der Waals surface area contributed by atoms with Crippen LogP contribution in [0.25, 0.3) is 0 Å². The second-order valence-corrected chi connectivity index (χ2v) is 9.52. The van der Waals surface area contributed by atoms with Crippen molar-refractivity contribution >= 4 is 15.9 Å².